The van der Waals surface area contributed by atoms with Gasteiger partial charge >= 0.3 is 0 Å². The van der Waals surface area contributed by atoms with Crippen LogP contribution in [-0.2, 0) is 0 Å². The molecule has 15 rings (SSSR count). The van der Waals surface area contributed by atoms with Gasteiger partial charge in [0.05, 0.1) is 22.7 Å². The van der Waals surface area contributed by atoms with Crippen LogP contribution in [0, 0.1) is 0 Å². The minimum atomic E-state index is -0.688. The number of pyridine rings is 1. The number of imide groups is 4. The fourth-order valence-electron chi connectivity index (χ4n) is 12.2. The van der Waals surface area contributed by atoms with E-state index in [4.69, 9.17) is 0 Å². The number of hydrogen-bond donors (Lipinski definition) is 4. The van der Waals surface area contributed by atoms with Gasteiger partial charge in [0.15, 0.2) is 0 Å². The molecular weight excluding hydrogens is 1190 g/mol. The molecule has 0 aliphatic carbocycles. The molecule has 4 N–H and O–H groups in total. The van der Waals surface area contributed by atoms with Crippen LogP contribution < -0.4 is 40.9 Å². The molecule has 21 nitrogen and oxygen atoms in total. The van der Waals surface area contributed by atoms with Crippen molar-refractivity contribution in [2.45, 2.75) is 0 Å². The first-order valence-electron chi connectivity index (χ1n) is 29.1. The number of rotatable bonds is 12. The van der Waals surface area contributed by atoms with Gasteiger partial charge in [-0.2, -0.15) is 0 Å². The lowest BCUT2D eigenvalue weighted by Gasteiger charge is -2.32. The SMILES string of the molecule is O=C(Nc1cccc(NC(=O)c2cccc(C(=O)Nc3cccc(NC(=O)c4ccc(N5C(=O)c6ccc7c8c(ccc(c68)C5=O)C(=O)N(c5ccncc5)C7=O)cc4)c3)c2)c1)c1ccc(N2C(=O)c3ccc4c5c(ccc(c35)C2=O)C(=O)N(c2ccccc2)C4=O)cc1. The molecule has 11 aromatic rings. The molecule has 10 aromatic carbocycles. The van der Waals surface area contributed by atoms with Crippen molar-refractivity contribution in [1.82, 2.24) is 4.98 Å². The van der Waals surface area contributed by atoms with Gasteiger partial charge < -0.3 is 21.3 Å². The average Bonchev–Trinajstić information content (AvgIpc) is 0.719. The number of benzene rings is 10. The quantitative estimate of drug-likeness (QED) is 0.0829. The van der Waals surface area contributed by atoms with Gasteiger partial charge in [-0.15, -0.1) is 0 Å². The summed E-state index contributed by atoms with van der Waals surface area (Å²) >= 11 is 0. The van der Waals surface area contributed by atoms with Crippen LogP contribution in [0.4, 0.5) is 45.5 Å². The van der Waals surface area contributed by atoms with E-state index in [1.807, 2.05) is 0 Å². The van der Waals surface area contributed by atoms with E-state index in [1.165, 1.54) is 158 Å². The Kier molecular flexibility index (Phi) is 13.4. The first kappa shape index (κ1) is 56.8. The molecule has 94 heavy (non-hydrogen) atoms. The summed E-state index contributed by atoms with van der Waals surface area (Å²) in [6.45, 7) is 0. The van der Waals surface area contributed by atoms with E-state index in [-0.39, 0.29) is 99.7 Å². The molecule has 0 bridgehead atoms. The van der Waals surface area contributed by atoms with Crippen molar-refractivity contribution in [2.24, 2.45) is 0 Å². The molecule has 4 aliphatic rings. The molecule has 450 valence electrons. The largest absolute Gasteiger partial charge is 0.322 e. The van der Waals surface area contributed by atoms with Crippen LogP contribution in [0.2, 0.25) is 0 Å². The van der Waals surface area contributed by atoms with Crippen LogP contribution in [0.1, 0.15) is 124 Å². The number of nitrogens with zero attached hydrogens (tertiary/aromatic N) is 5. The Morgan fingerprint density at radius 2 is 0.500 bits per heavy atom. The second-order valence-corrected chi connectivity index (χ2v) is 22.1. The number of para-hydroxylation sites is 1. The van der Waals surface area contributed by atoms with Crippen molar-refractivity contribution in [3.05, 3.63) is 291 Å². The highest BCUT2D eigenvalue weighted by Crippen LogP contribution is 2.43. The summed E-state index contributed by atoms with van der Waals surface area (Å²) in [6, 6.07) is 53.5. The van der Waals surface area contributed by atoms with Crippen molar-refractivity contribution in [1.29, 1.82) is 0 Å². The molecule has 0 unspecified atom stereocenters. The predicted molar refractivity (Wildman–Crippen MR) is 347 cm³/mol. The summed E-state index contributed by atoms with van der Waals surface area (Å²) in [5.74, 6) is -7.37. The van der Waals surface area contributed by atoms with E-state index in [1.54, 1.807) is 66.7 Å². The molecule has 0 fully saturated rings. The topological polar surface area (TPSA) is 279 Å². The molecule has 5 heterocycles. The number of carbonyl (C=O) groups is 12. The Labute approximate surface area is 530 Å². The summed E-state index contributed by atoms with van der Waals surface area (Å²) < 4.78 is 0. The van der Waals surface area contributed by atoms with Crippen LogP contribution >= 0.6 is 0 Å². The van der Waals surface area contributed by atoms with E-state index < -0.39 is 70.9 Å². The Bertz CT molecular complexity index is 4840. The maximum Gasteiger partial charge on any atom is 0.265 e. The fourth-order valence-corrected chi connectivity index (χ4v) is 12.2. The summed E-state index contributed by atoms with van der Waals surface area (Å²) in [4.78, 5) is 174. The lowest BCUT2D eigenvalue weighted by molar-refractivity contribution is 0.0873. The smallest absolute Gasteiger partial charge is 0.265 e. The van der Waals surface area contributed by atoms with Crippen LogP contribution in [0.5, 0.6) is 0 Å². The Balaban J connectivity index is 0.564. The highest BCUT2D eigenvalue weighted by molar-refractivity contribution is 6.44. The third-order valence-electron chi connectivity index (χ3n) is 16.6. The molecule has 21 heteroatoms. The number of anilines is 8. The van der Waals surface area contributed by atoms with Gasteiger partial charge in [0.1, 0.15) is 0 Å². The number of aromatic nitrogens is 1. The van der Waals surface area contributed by atoms with Gasteiger partial charge in [-0.1, -0.05) is 36.4 Å². The summed E-state index contributed by atoms with van der Waals surface area (Å²) in [7, 11) is 0. The molecule has 0 saturated carbocycles. The zero-order valence-corrected chi connectivity index (χ0v) is 48.5. The second-order valence-electron chi connectivity index (χ2n) is 22.1. The molecule has 4 aliphatic heterocycles. The maximum absolute atomic E-state index is 14.1. The lowest BCUT2D eigenvalue weighted by atomic mass is 9.85. The highest BCUT2D eigenvalue weighted by atomic mass is 16.2. The lowest BCUT2D eigenvalue weighted by Crippen LogP contribution is -2.43. The highest BCUT2D eigenvalue weighted by Gasteiger charge is 2.43. The van der Waals surface area contributed by atoms with Crippen molar-refractivity contribution in [2.75, 3.05) is 40.9 Å². The first-order valence-corrected chi connectivity index (χ1v) is 29.1. The average molecular weight is 1240 g/mol. The zero-order chi connectivity index (χ0) is 64.8. The van der Waals surface area contributed by atoms with Gasteiger partial charge in [0, 0.05) is 123 Å². The van der Waals surface area contributed by atoms with E-state index >= 15 is 0 Å². The van der Waals surface area contributed by atoms with Crippen LogP contribution in [-0.4, -0.2) is 75.9 Å². The van der Waals surface area contributed by atoms with E-state index in [0.717, 1.165) is 19.6 Å². The van der Waals surface area contributed by atoms with Crippen molar-refractivity contribution in [3.63, 3.8) is 0 Å². The molecule has 0 radical (unpaired) electrons. The minimum Gasteiger partial charge on any atom is -0.322 e. The third kappa shape index (κ3) is 9.30. The van der Waals surface area contributed by atoms with E-state index in [0.29, 0.717) is 34.1 Å². The third-order valence-corrected chi connectivity index (χ3v) is 16.6. The van der Waals surface area contributed by atoms with Crippen LogP contribution in [0.3, 0.4) is 0 Å². The number of hydrogen-bond acceptors (Lipinski definition) is 13. The number of carbonyl (C=O) groups excluding carboxylic acids is 12. The molecular formula is C73H41N9O12. The predicted octanol–water partition coefficient (Wildman–Crippen LogP) is 11.6. The van der Waals surface area contributed by atoms with Gasteiger partial charge in [-0.05, 0) is 176 Å². The standard InChI is InChI=1S/C73H41N9O12/c83-62(38-15-19-47(20-16-38)80-68(89)52-25-23-50-58-51(24-26-53(59(52)58)69(80)90)67(88)79(66(50)87)46-13-2-1-3-14-46)75-42-9-5-11-44(36-42)77-64(85)40-7-4-8-41(35-40)65(86)78-45-12-6-10-43(37-45)76-63(84)39-17-21-48(22-18-39)81-70(91)54-27-29-56-61-57(30-28-55(60(54)61)71(81)92)73(94)82(72(56)93)49-31-33-74-34-32-49/h1-37H,(H,75,83)(H,76,84)(H,77,85)(H,78,86). The van der Waals surface area contributed by atoms with E-state index in [2.05, 4.69) is 26.3 Å². The zero-order valence-electron chi connectivity index (χ0n) is 48.5. The van der Waals surface area contributed by atoms with Crippen molar-refractivity contribution < 1.29 is 57.5 Å². The van der Waals surface area contributed by atoms with E-state index in [9.17, 15) is 57.5 Å². The van der Waals surface area contributed by atoms with Gasteiger partial charge in [-0.3, -0.25) is 62.5 Å². The Morgan fingerprint density at radius 3 is 0.798 bits per heavy atom. The van der Waals surface area contributed by atoms with Crippen LogP contribution in [0.15, 0.2) is 225 Å². The monoisotopic (exact) mass is 1240 g/mol. The van der Waals surface area contributed by atoms with Crippen molar-refractivity contribution in [3.8, 4) is 0 Å². The van der Waals surface area contributed by atoms with Crippen LogP contribution in [0.25, 0.3) is 21.5 Å². The number of nitrogens with one attached hydrogen (secondary N) is 4. The minimum absolute atomic E-state index is 0.113. The number of amides is 12. The molecule has 0 spiro atoms. The van der Waals surface area contributed by atoms with Gasteiger partial charge in [0.25, 0.3) is 70.9 Å². The maximum atomic E-state index is 14.1. The molecule has 12 amide bonds. The van der Waals surface area contributed by atoms with Gasteiger partial charge in [-0.25, -0.2) is 19.6 Å². The van der Waals surface area contributed by atoms with Gasteiger partial charge in [0.2, 0.25) is 0 Å². The molecule has 1 aromatic heterocycles. The Hall–Kier alpha value is -13.7. The summed E-state index contributed by atoms with van der Waals surface area (Å²) in [6.07, 6.45) is 2.92. The molecule has 0 saturated heterocycles. The second kappa shape index (κ2) is 22.1. The summed E-state index contributed by atoms with van der Waals surface area (Å²) in [5.41, 5.74) is 4.02. The first-order chi connectivity index (χ1) is 45.6. The molecule has 0 atom stereocenters. The Morgan fingerprint density at radius 1 is 0.245 bits per heavy atom. The fraction of sp³-hybridized carbons (Fsp3) is 0. The van der Waals surface area contributed by atoms with Crippen molar-refractivity contribution >= 4 is 138 Å². The summed E-state index contributed by atoms with van der Waals surface area (Å²) in [5, 5.41) is 12.0. The normalized spacial score (nSPS) is 13.8.